The Bertz CT molecular complexity index is 906. The Morgan fingerprint density at radius 3 is 2.21 bits per heavy atom. The second-order valence-corrected chi connectivity index (χ2v) is 5.68. The molecule has 0 aliphatic heterocycles. The fourth-order valence-corrected chi connectivity index (χ4v) is 2.64. The number of hydrogen-bond donors (Lipinski definition) is 0. The van der Waals surface area contributed by atoms with Gasteiger partial charge in [-0.05, 0) is 36.4 Å². The Labute approximate surface area is 162 Å². The van der Waals surface area contributed by atoms with E-state index in [9.17, 15) is 14.9 Å². The first-order valence-electron chi connectivity index (χ1n) is 8.23. The van der Waals surface area contributed by atoms with Gasteiger partial charge in [-0.15, -0.1) is 0 Å². The van der Waals surface area contributed by atoms with E-state index in [1.54, 1.807) is 25.3 Å². The van der Waals surface area contributed by atoms with Crippen LogP contribution in [0, 0.1) is 10.1 Å². The average Bonchev–Trinajstić information content (AvgIpc) is 2.71. The highest BCUT2D eigenvalue weighted by atomic mass is 16.6. The third-order valence-corrected chi connectivity index (χ3v) is 4.01. The molecule has 0 amide bonds. The molecule has 28 heavy (non-hydrogen) atoms. The molecule has 8 heteroatoms. The maximum Gasteiger partial charge on any atom is 0.280 e. The summed E-state index contributed by atoms with van der Waals surface area (Å²) >= 11 is 0. The summed E-state index contributed by atoms with van der Waals surface area (Å²) in [4.78, 5) is 23.3. The quantitative estimate of drug-likeness (QED) is 0.280. The molecule has 0 aliphatic rings. The Morgan fingerprint density at radius 1 is 1.00 bits per heavy atom. The van der Waals surface area contributed by atoms with E-state index in [0.29, 0.717) is 17.1 Å². The van der Waals surface area contributed by atoms with Crippen LogP contribution in [-0.4, -0.2) is 39.1 Å². The van der Waals surface area contributed by atoms with E-state index in [-0.39, 0.29) is 29.4 Å². The lowest BCUT2D eigenvalue weighted by Gasteiger charge is -2.09. The van der Waals surface area contributed by atoms with Gasteiger partial charge < -0.3 is 18.9 Å². The molecule has 0 saturated carbocycles. The molecule has 0 heterocycles. The van der Waals surface area contributed by atoms with Gasteiger partial charge in [0.15, 0.2) is 17.3 Å². The number of allylic oxidation sites excluding steroid dienone is 1. The van der Waals surface area contributed by atoms with Crippen LogP contribution in [0.1, 0.15) is 21.5 Å². The van der Waals surface area contributed by atoms with E-state index >= 15 is 0 Å². The van der Waals surface area contributed by atoms with Gasteiger partial charge in [0.2, 0.25) is 0 Å². The summed E-state index contributed by atoms with van der Waals surface area (Å²) in [5, 5.41) is 11.4. The third kappa shape index (κ3) is 4.66. The zero-order valence-corrected chi connectivity index (χ0v) is 16.1. The Kier molecular flexibility index (Phi) is 7.11. The fourth-order valence-electron chi connectivity index (χ4n) is 2.64. The zero-order valence-electron chi connectivity index (χ0n) is 16.1. The van der Waals surface area contributed by atoms with Gasteiger partial charge in [0, 0.05) is 18.2 Å². The largest absolute Gasteiger partial charge is 0.496 e. The first-order chi connectivity index (χ1) is 13.4. The second kappa shape index (κ2) is 9.52. The van der Waals surface area contributed by atoms with E-state index in [1.807, 2.05) is 0 Å². The maximum atomic E-state index is 12.5. The van der Waals surface area contributed by atoms with Gasteiger partial charge in [0.05, 0.1) is 44.5 Å². The Balaban J connectivity index is 2.38. The zero-order chi connectivity index (χ0) is 20.7. The van der Waals surface area contributed by atoms with Crippen LogP contribution in [0.15, 0.2) is 36.4 Å². The molecular weight excluding hydrogens is 366 g/mol. The van der Waals surface area contributed by atoms with Crippen molar-refractivity contribution in [2.24, 2.45) is 0 Å². The molecule has 0 N–H and O–H groups in total. The number of benzene rings is 2. The summed E-state index contributed by atoms with van der Waals surface area (Å²) < 4.78 is 20.6. The lowest BCUT2D eigenvalue weighted by molar-refractivity contribution is -0.385. The molecule has 0 atom stereocenters. The number of nitro groups is 1. The summed E-state index contributed by atoms with van der Waals surface area (Å²) in [7, 11) is 5.90. The number of carbonyl (C=O) groups is 1. The molecule has 0 aromatic heterocycles. The molecule has 2 aromatic carbocycles. The van der Waals surface area contributed by atoms with Gasteiger partial charge in [-0.25, -0.2) is 0 Å². The minimum absolute atomic E-state index is 0.198. The Hall–Kier alpha value is -3.39. The lowest BCUT2D eigenvalue weighted by Crippen LogP contribution is -2.00. The van der Waals surface area contributed by atoms with Crippen molar-refractivity contribution in [3.8, 4) is 17.2 Å². The molecule has 148 valence electrons. The van der Waals surface area contributed by atoms with Gasteiger partial charge >= 0.3 is 0 Å². The summed E-state index contributed by atoms with van der Waals surface area (Å²) in [5.41, 5.74) is 1.16. The van der Waals surface area contributed by atoms with Crippen molar-refractivity contribution in [1.29, 1.82) is 0 Å². The van der Waals surface area contributed by atoms with Crippen molar-refractivity contribution in [2.45, 2.75) is 6.61 Å². The number of ether oxygens (including phenoxy) is 4. The van der Waals surface area contributed by atoms with Gasteiger partial charge in [-0.1, -0.05) is 0 Å². The summed E-state index contributed by atoms with van der Waals surface area (Å²) in [5.74, 6) is 0.853. The molecule has 0 spiro atoms. The van der Waals surface area contributed by atoms with Crippen LogP contribution in [0.4, 0.5) is 5.69 Å². The van der Waals surface area contributed by atoms with Gasteiger partial charge in [-0.3, -0.25) is 14.9 Å². The lowest BCUT2D eigenvalue weighted by atomic mass is 10.0. The van der Waals surface area contributed by atoms with Crippen LogP contribution in [-0.2, 0) is 11.3 Å². The van der Waals surface area contributed by atoms with Crippen molar-refractivity contribution in [3.05, 3.63) is 63.2 Å². The van der Waals surface area contributed by atoms with Crippen LogP contribution in [0.25, 0.3) is 6.08 Å². The van der Waals surface area contributed by atoms with E-state index in [1.165, 1.54) is 45.6 Å². The minimum Gasteiger partial charge on any atom is -0.496 e. The average molecular weight is 387 g/mol. The first-order valence-corrected chi connectivity index (χ1v) is 8.23. The maximum absolute atomic E-state index is 12.5. The third-order valence-electron chi connectivity index (χ3n) is 4.01. The van der Waals surface area contributed by atoms with Crippen molar-refractivity contribution in [3.63, 3.8) is 0 Å². The predicted molar refractivity (Wildman–Crippen MR) is 103 cm³/mol. The molecule has 2 rings (SSSR count). The number of rotatable bonds is 9. The molecule has 2 aromatic rings. The number of methoxy groups -OCH3 is 4. The van der Waals surface area contributed by atoms with Crippen molar-refractivity contribution in [2.75, 3.05) is 28.4 Å². The van der Waals surface area contributed by atoms with Gasteiger partial charge in [0.25, 0.3) is 5.69 Å². The van der Waals surface area contributed by atoms with Crippen molar-refractivity contribution < 1.29 is 28.7 Å². The number of nitro benzene ring substituents is 1. The first kappa shape index (κ1) is 20.9. The van der Waals surface area contributed by atoms with Gasteiger partial charge in [-0.2, -0.15) is 0 Å². The van der Waals surface area contributed by atoms with E-state index < -0.39 is 4.92 Å². The van der Waals surface area contributed by atoms with E-state index in [0.717, 1.165) is 5.56 Å². The van der Waals surface area contributed by atoms with E-state index in [4.69, 9.17) is 18.9 Å². The highest BCUT2D eigenvalue weighted by Gasteiger charge is 2.18. The molecular formula is C20H21NO7. The number of ketones is 1. The van der Waals surface area contributed by atoms with Crippen molar-refractivity contribution in [1.82, 2.24) is 0 Å². The normalized spacial score (nSPS) is 10.7. The van der Waals surface area contributed by atoms with Crippen LogP contribution in [0.2, 0.25) is 0 Å². The topological polar surface area (TPSA) is 97.1 Å². The summed E-state index contributed by atoms with van der Waals surface area (Å²) in [6.45, 7) is 0.287. The van der Waals surface area contributed by atoms with Crippen LogP contribution >= 0.6 is 0 Å². The van der Waals surface area contributed by atoms with Crippen LogP contribution in [0.5, 0.6) is 17.2 Å². The molecule has 0 saturated heterocycles. The highest BCUT2D eigenvalue weighted by molar-refractivity contribution is 6.07. The molecule has 0 unspecified atom stereocenters. The second-order valence-electron chi connectivity index (χ2n) is 5.68. The molecule has 8 nitrogen and oxygen atoms in total. The number of nitrogens with zero attached hydrogens (tertiary/aromatic N) is 1. The minimum atomic E-state index is -0.545. The standard InChI is InChI=1S/C20H21NO7/c1-25-12-15-9-14(6-8-18(15)26-2)17(22)7-5-13-10-19(27-3)20(28-4)11-16(13)21(23)24/h5-11H,12H2,1-4H3/b7-5+. The summed E-state index contributed by atoms with van der Waals surface area (Å²) in [6.07, 6.45) is 2.65. The molecule has 0 bridgehead atoms. The number of carbonyl (C=O) groups excluding carboxylic acids is 1. The van der Waals surface area contributed by atoms with Crippen LogP contribution in [0.3, 0.4) is 0 Å². The summed E-state index contributed by atoms with van der Waals surface area (Å²) in [6, 6.07) is 7.66. The van der Waals surface area contributed by atoms with Crippen molar-refractivity contribution >= 4 is 17.5 Å². The smallest absolute Gasteiger partial charge is 0.280 e. The van der Waals surface area contributed by atoms with Gasteiger partial charge in [0.1, 0.15) is 5.75 Å². The highest BCUT2D eigenvalue weighted by Crippen LogP contribution is 2.35. The van der Waals surface area contributed by atoms with Crippen LogP contribution < -0.4 is 14.2 Å². The van der Waals surface area contributed by atoms with E-state index in [2.05, 4.69) is 0 Å². The molecule has 0 radical (unpaired) electrons. The number of hydrogen-bond acceptors (Lipinski definition) is 7. The molecule has 0 aliphatic carbocycles. The predicted octanol–water partition coefficient (Wildman–Crippen LogP) is 3.66. The monoisotopic (exact) mass is 387 g/mol. The Morgan fingerprint density at radius 2 is 1.64 bits per heavy atom. The fraction of sp³-hybridized carbons (Fsp3) is 0.250. The SMILES string of the molecule is COCc1cc(C(=O)/C=C/c2cc(OC)c(OC)cc2[N+](=O)[O-])ccc1OC. The molecule has 0 fully saturated rings.